The highest BCUT2D eigenvalue weighted by Crippen LogP contribution is 2.17. The number of carbonyl (C=O) groups is 1. The first kappa shape index (κ1) is 25.4. The number of aromatic nitrogens is 2. The van der Waals surface area contributed by atoms with Crippen LogP contribution in [0.2, 0.25) is 0 Å². The Morgan fingerprint density at radius 1 is 1.12 bits per heavy atom. The first-order valence-electron chi connectivity index (χ1n) is 10.4. The summed E-state index contributed by atoms with van der Waals surface area (Å²) >= 11 is 1.27. The Kier molecular flexibility index (Phi) is 9.57. The number of furan rings is 1. The molecule has 0 fully saturated rings. The number of nitrogens with one attached hydrogen (secondary N) is 1. The zero-order valence-electron chi connectivity index (χ0n) is 18.2. The Bertz CT molecular complexity index is 1160. The van der Waals surface area contributed by atoms with Crippen molar-refractivity contribution < 1.29 is 18.3 Å². The van der Waals surface area contributed by atoms with Crippen molar-refractivity contribution in [3.8, 4) is 5.75 Å². The highest BCUT2D eigenvalue weighted by atomic mass is 35.5. The largest absolute Gasteiger partial charge is 0.489 e. The fourth-order valence-electron chi connectivity index (χ4n) is 3.30. The number of hydrogen-bond acceptors (Lipinski definition) is 7. The zero-order valence-corrected chi connectivity index (χ0v) is 19.9. The number of carbonyl (C=O) groups excluding carboxylic acids is 1. The Morgan fingerprint density at radius 3 is 2.74 bits per heavy atom. The van der Waals surface area contributed by atoms with Gasteiger partial charge in [-0.25, -0.2) is 4.39 Å². The molecule has 0 radical (unpaired) electrons. The lowest BCUT2D eigenvalue weighted by molar-refractivity contribution is -0.117. The fourth-order valence-corrected chi connectivity index (χ4v) is 3.76. The molecular formula is C24H24ClFN4O3S. The van der Waals surface area contributed by atoms with E-state index in [9.17, 15) is 9.18 Å². The lowest BCUT2D eigenvalue weighted by Crippen LogP contribution is -2.34. The number of halogens is 2. The first-order chi connectivity index (χ1) is 16.1. The molecule has 2 aromatic heterocycles. The van der Waals surface area contributed by atoms with Crippen LogP contribution in [0.4, 0.5) is 9.52 Å². The van der Waals surface area contributed by atoms with Gasteiger partial charge >= 0.3 is 0 Å². The van der Waals surface area contributed by atoms with E-state index < -0.39 is 0 Å². The van der Waals surface area contributed by atoms with Crippen molar-refractivity contribution in [1.82, 2.24) is 15.1 Å². The van der Waals surface area contributed by atoms with Crippen LogP contribution < -0.4 is 10.1 Å². The smallest absolute Gasteiger partial charge is 0.240 e. The van der Waals surface area contributed by atoms with Crippen molar-refractivity contribution in [2.45, 2.75) is 19.6 Å². The van der Waals surface area contributed by atoms with E-state index in [1.165, 1.54) is 23.5 Å². The molecule has 10 heteroatoms. The SMILES string of the molecule is Cl.O=C(CN(CCc1cccc(OCc2cccc(F)c2)c1)Cc1ccco1)Nc1nncs1. The number of nitrogens with zero attached hydrogens (tertiary/aromatic N) is 3. The third-order valence-electron chi connectivity index (χ3n) is 4.84. The molecule has 0 saturated heterocycles. The number of rotatable bonds is 11. The van der Waals surface area contributed by atoms with Crippen molar-refractivity contribution in [3.63, 3.8) is 0 Å². The second-order valence-corrected chi connectivity index (χ2v) is 8.23. The molecule has 2 aromatic carbocycles. The number of hydrogen-bond donors (Lipinski definition) is 1. The highest BCUT2D eigenvalue weighted by molar-refractivity contribution is 7.13. The lowest BCUT2D eigenvalue weighted by Gasteiger charge is -2.20. The normalized spacial score (nSPS) is 10.6. The van der Waals surface area contributed by atoms with E-state index in [1.54, 1.807) is 17.8 Å². The average molecular weight is 503 g/mol. The fraction of sp³-hybridized carbons (Fsp3) is 0.208. The maximum absolute atomic E-state index is 13.4. The Labute approximate surface area is 207 Å². The third-order valence-corrected chi connectivity index (χ3v) is 5.45. The summed E-state index contributed by atoms with van der Waals surface area (Å²) in [4.78, 5) is 14.5. The summed E-state index contributed by atoms with van der Waals surface area (Å²) in [6.45, 7) is 1.62. The molecule has 0 aliphatic carbocycles. The van der Waals surface area contributed by atoms with Gasteiger partial charge in [-0.1, -0.05) is 35.6 Å². The van der Waals surface area contributed by atoms with Gasteiger partial charge in [0.2, 0.25) is 11.0 Å². The van der Waals surface area contributed by atoms with Crippen LogP contribution in [-0.2, 0) is 24.4 Å². The minimum absolute atomic E-state index is 0. The van der Waals surface area contributed by atoms with Crippen molar-refractivity contribution in [2.75, 3.05) is 18.4 Å². The summed E-state index contributed by atoms with van der Waals surface area (Å²) < 4.78 is 24.7. The van der Waals surface area contributed by atoms with E-state index in [0.29, 0.717) is 30.4 Å². The summed E-state index contributed by atoms with van der Waals surface area (Å²) in [6.07, 6.45) is 2.33. The molecule has 1 amide bonds. The van der Waals surface area contributed by atoms with Crippen LogP contribution in [0.3, 0.4) is 0 Å². The van der Waals surface area contributed by atoms with Crippen molar-refractivity contribution >= 4 is 34.8 Å². The summed E-state index contributed by atoms with van der Waals surface area (Å²) in [7, 11) is 0. The number of ether oxygens (including phenoxy) is 1. The second-order valence-electron chi connectivity index (χ2n) is 7.40. The molecular weight excluding hydrogens is 479 g/mol. The van der Waals surface area contributed by atoms with Crippen LogP contribution in [0.5, 0.6) is 5.75 Å². The van der Waals surface area contributed by atoms with Gasteiger partial charge in [0.05, 0.1) is 19.4 Å². The average Bonchev–Trinajstić information content (AvgIpc) is 3.51. The molecule has 0 spiro atoms. The van der Waals surface area contributed by atoms with E-state index in [4.69, 9.17) is 9.15 Å². The van der Waals surface area contributed by atoms with E-state index in [1.807, 2.05) is 47.4 Å². The maximum Gasteiger partial charge on any atom is 0.240 e. The maximum atomic E-state index is 13.4. The van der Waals surface area contributed by atoms with Gasteiger partial charge in [0.1, 0.15) is 29.4 Å². The van der Waals surface area contributed by atoms with Gasteiger partial charge in [0.25, 0.3) is 0 Å². The van der Waals surface area contributed by atoms with E-state index in [-0.39, 0.29) is 37.3 Å². The van der Waals surface area contributed by atoms with Crippen LogP contribution in [0, 0.1) is 5.82 Å². The van der Waals surface area contributed by atoms with Crippen LogP contribution in [0.1, 0.15) is 16.9 Å². The predicted octanol–water partition coefficient (Wildman–Crippen LogP) is 4.95. The molecule has 0 aliphatic rings. The molecule has 0 atom stereocenters. The minimum atomic E-state index is -0.281. The summed E-state index contributed by atoms with van der Waals surface area (Å²) in [5, 5.41) is 10.8. The molecule has 1 N–H and O–H groups in total. The molecule has 178 valence electrons. The Morgan fingerprint density at radius 2 is 1.97 bits per heavy atom. The van der Waals surface area contributed by atoms with Crippen LogP contribution in [0.25, 0.3) is 0 Å². The number of anilines is 1. The molecule has 4 aromatic rings. The lowest BCUT2D eigenvalue weighted by atomic mass is 10.1. The summed E-state index contributed by atoms with van der Waals surface area (Å²) in [5.41, 5.74) is 3.41. The molecule has 0 aliphatic heterocycles. The molecule has 34 heavy (non-hydrogen) atoms. The first-order valence-corrected chi connectivity index (χ1v) is 11.3. The number of benzene rings is 2. The van der Waals surface area contributed by atoms with E-state index >= 15 is 0 Å². The van der Waals surface area contributed by atoms with Gasteiger partial charge in [0, 0.05) is 6.54 Å². The Balaban J connectivity index is 0.00000324. The molecule has 0 saturated carbocycles. The van der Waals surface area contributed by atoms with E-state index in [2.05, 4.69) is 15.5 Å². The Hall–Kier alpha value is -3.27. The predicted molar refractivity (Wildman–Crippen MR) is 131 cm³/mol. The van der Waals surface area contributed by atoms with E-state index in [0.717, 1.165) is 16.9 Å². The van der Waals surface area contributed by atoms with Gasteiger partial charge in [-0.15, -0.1) is 22.6 Å². The van der Waals surface area contributed by atoms with Crippen LogP contribution in [0.15, 0.2) is 76.9 Å². The quantitative estimate of drug-likeness (QED) is 0.312. The third kappa shape index (κ3) is 7.95. The van der Waals surface area contributed by atoms with Gasteiger partial charge in [0.15, 0.2) is 0 Å². The molecule has 4 rings (SSSR count). The second kappa shape index (κ2) is 12.8. The van der Waals surface area contributed by atoms with Crippen molar-refractivity contribution in [1.29, 1.82) is 0 Å². The van der Waals surface area contributed by atoms with Gasteiger partial charge in [-0.05, 0) is 53.9 Å². The topological polar surface area (TPSA) is 80.5 Å². The van der Waals surface area contributed by atoms with Gasteiger partial charge in [-0.3, -0.25) is 15.0 Å². The molecule has 2 heterocycles. The van der Waals surface area contributed by atoms with Crippen molar-refractivity contribution in [3.05, 3.63) is 95.1 Å². The van der Waals surface area contributed by atoms with Crippen molar-refractivity contribution in [2.24, 2.45) is 0 Å². The molecule has 0 unspecified atom stereocenters. The monoisotopic (exact) mass is 502 g/mol. The summed E-state index contributed by atoms with van der Waals surface area (Å²) in [5.74, 6) is 1.05. The van der Waals surface area contributed by atoms with Crippen LogP contribution >= 0.6 is 23.7 Å². The molecule has 0 bridgehead atoms. The zero-order chi connectivity index (χ0) is 22.9. The molecule has 7 nitrogen and oxygen atoms in total. The van der Waals surface area contributed by atoms with Gasteiger partial charge < -0.3 is 9.15 Å². The summed E-state index contributed by atoms with van der Waals surface area (Å²) in [6, 6.07) is 17.9. The van der Waals surface area contributed by atoms with Crippen LogP contribution in [-0.4, -0.2) is 34.1 Å². The van der Waals surface area contributed by atoms with Gasteiger partial charge in [-0.2, -0.15) is 0 Å². The standard InChI is InChI=1S/C24H23FN4O3S.ClH/c25-20-6-1-5-19(12-20)16-32-21-7-2-4-18(13-21)9-10-29(14-22-8-3-11-31-22)15-23(30)27-24-28-26-17-33-24;/h1-8,11-13,17H,9-10,14-16H2,(H,27,28,30);1H. The highest BCUT2D eigenvalue weighted by Gasteiger charge is 2.14. The minimum Gasteiger partial charge on any atom is -0.489 e. The number of amides is 1.